The van der Waals surface area contributed by atoms with E-state index in [9.17, 15) is 14.7 Å². The summed E-state index contributed by atoms with van der Waals surface area (Å²) < 4.78 is 16.0. The number of methoxy groups -OCH3 is 2. The standard InChI is InChI=1S/C17H21NO6/c1-22-10-4-3-9(7-13(10)23-2)8-18-16(19)14-11-5-6-12(24-11)15(14)17(20)21/h3-4,7,11-12,14-15H,5-6,8H2,1-2H3,(H,18,19)(H,20,21). The zero-order valence-electron chi connectivity index (χ0n) is 13.7. The van der Waals surface area contributed by atoms with E-state index in [0.717, 1.165) is 12.0 Å². The quantitative estimate of drug-likeness (QED) is 0.811. The monoisotopic (exact) mass is 335 g/mol. The van der Waals surface area contributed by atoms with Crippen LogP contribution in [-0.4, -0.2) is 43.4 Å². The molecule has 2 saturated heterocycles. The van der Waals surface area contributed by atoms with Crippen molar-refractivity contribution in [3.05, 3.63) is 23.8 Å². The van der Waals surface area contributed by atoms with Crippen LogP contribution in [0.4, 0.5) is 0 Å². The second kappa shape index (κ2) is 6.68. The molecule has 2 aliphatic heterocycles. The smallest absolute Gasteiger partial charge is 0.310 e. The number of carboxylic acid groups (broad SMARTS) is 1. The second-order valence-electron chi connectivity index (χ2n) is 6.09. The minimum Gasteiger partial charge on any atom is -0.493 e. The molecule has 0 aromatic heterocycles. The molecule has 7 nitrogen and oxygen atoms in total. The van der Waals surface area contributed by atoms with Crippen LogP contribution in [0.15, 0.2) is 18.2 Å². The van der Waals surface area contributed by atoms with Gasteiger partial charge in [0, 0.05) is 6.54 Å². The second-order valence-corrected chi connectivity index (χ2v) is 6.09. The number of rotatable bonds is 6. The zero-order valence-corrected chi connectivity index (χ0v) is 13.7. The highest BCUT2D eigenvalue weighted by Crippen LogP contribution is 2.43. The van der Waals surface area contributed by atoms with Crippen molar-refractivity contribution in [3.63, 3.8) is 0 Å². The van der Waals surface area contributed by atoms with Crippen LogP contribution < -0.4 is 14.8 Å². The van der Waals surface area contributed by atoms with E-state index in [2.05, 4.69) is 5.32 Å². The van der Waals surface area contributed by atoms with Crippen LogP contribution in [0.1, 0.15) is 18.4 Å². The van der Waals surface area contributed by atoms with Crippen molar-refractivity contribution in [2.75, 3.05) is 14.2 Å². The van der Waals surface area contributed by atoms with E-state index in [0.29, 0.717) is 24.5 Å². The summed E-state index contributed by atoms with van der Waals surface area (Å²) in [6.45, 7) is 0.291. The Morgan fingerprint density at radius 1 is 1.17 bits per heavy atom. The number of carboxylic acids is 1. The summed E-state index contributed by atoms with van der Waals surface area (Å²) in [5.41, 5.74) is 0.844. The topological polar surface area (TPSA) is 94.1 Å². The van der Waals surface area contributed by atoms with Crippen molar-refractivity contribution in [1.82, 2.24) is 5.32 Å². The average Bonchev–Trinajstić information content (AvgIpc) is 3.20. The lowest BCUT2D eigenvalue weighted by atomic mass is 9.78. The number of ether oxygens (including phenoxy) is 3. The minimum atomic E-state index is -0.964. The van der Waals surface area contributed by atoms with E-state index in [1.54, 1.807) is 26.4 Å². The lowest BCUT2D eigenvalue weighted by Crippen LogP contribution is -2.43. The van der Waals surface area contributed by atoms with Crippen LogP contribution in [0.25, 0.3) is 0 Å². The van der Waals surface area contributed by atoms with E-state index in [1.165, 1.54) is 0 Å². The molecular weight excluding hydrogens is 314 g/mol. The van der Waals surface area contributed by atoms with Crippen LogP contribution in [0.2, 0.25) is 0 Å². The third-order valence-corrected chi connectivity index (χ3v) is 4.78. The molecule has 130 valence electrons. The van der Waals surface area contributed by atoms with Crippen LogP contribution in [0.3, 0.4) is 0 Å². The normalized spacial score (nSPS) is 27.8. The first-order valence-corrected chi connectivity index (χ1v) is 7.92. The van der Waals surface area contributed by atoms with E-state index >= 15 is 0 Å². The first-order valence-electron chi connectivity index (χ1n) is 7.92. The van der Waals surface area contributed by atoms with E-state index in [-0.39, 0.29) is 18.1 Å². The van der Waals surface area contributed by atoms with E-state index in [4.69, 9.17) is 14.2 Å². The largest absolute Gasteiger partial charge is 0.493 e. The molecule has 3 rings (SSSR count). The highest BCUT2D eigenvalue weighted by molar-refractivity contribution is 5.86. The van der Waals surface area contributed by atoms with Crippen molar-refractivity contribution in [1.29, 1.82) is 0 Å². The van der Waals surface area contributed by atoms with Crippen molar-refractivity contribution in [3.8, 4) is 11.5 Å². The molecule has 4 atom stereocenters. The molecule has 1 aromatic rings. The fraction of sp³-hybridized carbons (Fsp3) is 0.529. The summed E-state index contributed by atoms with van der Waals surface area (Å²) in [5, 5.41) is 12.2. The van der Waals surface area contributed by atoms with Gasteiger partial charge in [-0.25, -0.2) is 0 Å². The Kier molecular flexibility index (Phi) is 4.62. The fourth-order valence-electron chi connectivity index (χ4n) is 3.62. The fourth-order valence-corrected chi connectivity index (χ4v) is 3.62. The molecule has 0 saturated carbocycles. The maximum Gasteiger partial charge on any atom is 0.310 e. The number of hydrogen-bond donors (Lipinski definition) is 2. The van der Waals surface area contributed by atoms with Gasteiger partial charge in [-0.3, -0.25) is 9.59 Å². The number of aliphatic carboxylic acids is 1. The molecule has 7 heteroatoms. The van der Waals surface area contributed by atoms with Gasteiger partial charge < -0.3 is 24.6 Å². The summed E-state index contributed by atoms with van der Waals surface area (Å²) in [6, 6.07) is 5.37. The van der Waals surface area contributed by atoms with Crippen molar-refractivity contribution < 1.29 is 28.9 Å². The molecule has 1 amide bonds. The molecule has 0 spiro atoms. The third-order valence-electron chi connectivity index (χ3n) is 4.78. The Morgan fingerprint density at radius 2 is 1.83 bits per heavy atom. The molecule has 0 aliphatic carbocycles. The predicted octanol–water partition coefficient (Wildman–Crippen LogP) is 1.20. The summed E-state index contributed by atoms with van der Waals surface area (Å²) in [4.78, 5) is 23.9. The SMILES string of the molecule is COc1ccc(CNC(=O)C2C3CCC(O3)C2C(=O)O)cc1OC. The van der Waals surface area contributed by atoms with E-state index < -0.39 is 17.8 Å². The lowest BCUT2D eigenvalue weighted by Gasteiger charge is -2.24. The number of amides is 1. The van der Waals surface area contributed by atoms with Crippen molar-refractivity contribution >= 4 is 11.9 Å². The summed E-state index contributed by atoms with van der Waals surface area (Å²) in [6.07, 6.45) is 0.815. The van der Waals surface area contributed by atoms with Crippen LogP contribution >= 0.6 is 0 Å². The molecule has 24 heavy (non-hydrogen) atoms. The van der Waals surface area contributed by atoms with Gasteiger partial charge >= 0.3 is 5.97 Å². The Bertz CT molecular complexity index is 646. The van der Waals surface area contributed by atoms with Crippen molar-refractivity contribution in [2.24, 2.45) is 11.8 Å². The number of carbonyl (C=O) groups is 2. The van der Waals surface area contributed by atoms with Gasteiger partial charge in [0.25, 0.3) is 0 Å². The molecule has 0 radical (unpaired) electrons. The van der Waals surface area contributed by atoms with Gasteiger partial charge in [0.1, 0.15) is 0 Å². The van der Waals surface area contributed by atoms with Gasteiger partial charge in [-0.1, -0.05) is 6.07 Å². The molecule has 1 aromatic carbocycles. The molecule has 2 aliphatic rings. The first kappa shape index (κ1) is 16.6. The van der Waals surface area contributed by atoms with Crippen LogP contribution in [-0.2, 0) is 20.9 Å². The molecule has 4 unspecified atom stereocenters. The highest BCUT2D eigenvalue weighted by atomic mass is 16.5. The van der Waals surface area contributed by atoms with Gasteiger partial charge in [0.15, 0.2) is 11.5 Å². The Labute approximate surface area is 139 Å². The number of nitrogens with one attached hydrogen (secondary N) is 1. The zero-order chi connectivity index (χ0) is 17.3. The molecule has 2 N–H and O–H groups in total. The Balaban J connectivity index is 1.66. The van der Waals surface area contributed by atoms with Gasteiger partial charge in [-0.15, -0.1) is 0 Å². The number of carbonyl (C=O) groups excluding carboxylic acids is 1. The van der Waals surface area contributed by atoms with Gasteiger partial charge in [-0.05, 0) is 30.5 Å². The maximum atomic E-state index is 12.5. The average molecular weight is 335 g/mol. The predicted molar refractivity (Wildman–Crippen MR) is 83.9 cm³/mol. The Hall–Kier alpha value is -2.28. The number of hydrogen-bond acceptors (Lipinski definition) is 5. The summed E-state index contributed by atoms with van der Waals surface area (Å²) >= 11 is 0. The summed E-state index contributed by atoms with van der Waals surface area (Å²) in [7, 11) is 3.10. The van der Waals surface area contributed by atoms with Crippen LogP contribution in [0.5, 0.6) is 11.5 Å². The van der Waals surface area contributed by atoms with Gasteiger partial charge in [-0.2, -0.15) is 0 Å². The molecule has 2 heterocycles. The first-order chi connectivity index (χ1) is 11.5. The van der Waals surface area contributed by atoms with Crippen LogP contribution in [0, 0.1) is 11.8 Å². The third kappa shape index (κ3) is 2.91. The molecular formula is C17H21NO6. The van der Waals surface area contributed by atoms with Gasteiger partial charge in [0.05, 0.1) is 38.3 Å². The minimum absolute atomic E-state index is 0.274. The molecule has 2 bridgehead atoms. The number of benzene rings is 1. The lowest BCUT2D eigenvalue weighted by molar-refractivity contribution is -0.147. The van der Waals surface area contributed by atoms with Crippen molar-refractivity contribution in [2.45, 2.75) is 31.6 Å². The van der Waals surface area contributed by atoms with Gasteiger partial charge in [0.2, 0.25) is 5.91 Å². The molecule has 2 fully saturated rings. The maximum absolute atomic E-state index is 12.5. The highest BCUT2D eigenvalue weighted by Gasteiger charge is 2.55. The number of fused-ring (bicyclic) bond motifs is 2. The van der Waals surface area contributed by atoms with E-state index in [1.807, 2.05) is 6.07 Å². The summed E-state index contributed by atoms with van der Waals surface area (Å²) in [5.74, 6) is -1.43. The Morgan fingerprint density at radius 3 is 2.46 bits per heavy atom.